The molecule has 0 aromatic heterocycles. The van der Waals surface area contributed by atoms with Crippen LogP contribution in [0.4, 0.5) is 0 Å². The molecule has 2 unspecified atom stereocenters. The Kier molecular flexibility index (Phi) is 3.32. The molecule has 1 aromatic carbocycles. The van der Waals surface area contributed by atoms with Crippen LogP contribution >= 0.6 is 0 Å². The zero-order chi connectivity index (χ0) is 14.4. The van der Waals surface area contributed by atoms with Crippen LogP contribution in [0.15, 0.2) is 24.3 Å². The van der Waals surface area contributed by atoms with E-state index in [0.717, 1.165) is 31.5 Å². The Bertz CT molecular complexity index is 502. The lowest BCUT2D eigenvalue weighted by Gasteiger charge is -2.42. The topological polar surface area (TPSA) is 32.5 Å². The highest BCUT2D eigenvalue weighted by Crippen LogP contribution is 2.38. The average molecular weight is 285 g/mol. The Morgan fingerprint density at radius 3 is 2.43 bits per heavy atom. The first-order valence-corrected chi connectivity index (χ1v) is 8.46. The second-order valence-electron chi connectivity index (χ2n) is 7.34. The Labute approximate surface area is 128 Å². The van der Waals surface area contributed by atoms with E-state index in [2.05, 4.69) is 41.1 Å². The summed E-state index contributed by atoms with van der Waals surface area (Å²) in [6.07, 6.45) is 6.35. The van der Waals surface area contributed by atoms with E-state index in [1.54, 1.807) is 0 Å². The summed E-state index contributed by atoms with van der Waals surface area (Å²) >= 11 is 0. The first-order valence-electron chi connectivity index (χ1n) is 8.46. The highest BCUT2D eigenvalue weighted by molar-refractivity contribution is 5.36. The first-order chi connectivity index (χ1) is 10.2. The fraction of sp³-hybridized carbons (Fsp3) is 0.667. The molecule has 114 valence electrons. The molecule has 21 heavy (non-hydrogen) atoms. The molecule has 2 heterocycles. The summed E-state index contributed by atoms with van der Waals surface area (Å²) in [7, 11) is 2.32. The van der Waals surface area contributed by atoms with Crippen molar-refractivity contribution in [3.8, 4) is 0 Å². The molecule has 1 aromatic rings. The van der Waals surface area contributed by atoms with Crippen molar-refractivity contribution in [2.24, 2.45) is 5.73 Å². The molecule has 3 nitrogen and oxygen atoms in total. The standard InChI is InChI=1S/C18H27N3/c1-20-16-6-7-17(20)12-21(9-8-16)18(13-19)10-14-4-2-3-5-15(14)11-18/h2-5,16-17H,6-13,19H2,1H3. The van der Waals surface area contributed by atoms with Gasteiger partial charge in [-0.1, -0.05) is 24.3 Å². The van der Waals surface area contributed by atoms with Crippen molar-refractivity contribution in [1.29, 1.82) is 0 Å². The molecule has 2 saturated heterocycles. The van der Waals surface area contributed by atoms with Crippen LogP contribution in [0.3, 0.4) is 0 Å². The van der Waals surface area contributed by atoms with Gasteiger partial charge in [-0.05, 0) is 50.3 Å². The molecule has 1 aliphatic carbocycles. The van der Waals surface area contributed by atoms with Crippen molar-refractivity contribution in [1.82, 2.24) is 9.80 Å². The summed E-state index contributed by atoms with van der Waals surface area (Å²) in [5, 5.41) is 0. The second-order valence-corrected chi connectivity index (χ2v) is 7.34. The largest absolute Gasteiger partial charge is 0.329 e. The van der Waals surface area contributed by atoms with Crippen molar-refractivity contribution < 1.29 is 0 Å². The minimum absolute atomic E-state index is 0.176. The maximum atomic E-state index is 6.31. The monoisotopic (exact) mass is 285 g/mol. The van der Waals surface area contributed by atoms with E-state index in [1.165, 1.54) is 43.5 Å². The second kappa shape index (κ2) is 5.08. The average Bonchev–Trinajstić information content (AvgIpc) is 2.97. The highest BCUT2D eigenvalue weighted by atomic mass is 15.3. The number of likely N-dealkylation sites (tertiary alicyclic amines) is 1. The predicted molar refractivity (Wildman–Crippen MR) is 86.4 cm³/mol. The third-order valence-corrected chi connectivity index (χ3v) is 6.36. The number of hydrogen-bond donors (Lipinski definition) is 1. The van der Waals surface area contributed by atoms with Crippen LogP contribution in [0.5, 0.6) is 0 Å². The zero-order valence-electron chi connectivity index (χ0n) is 13.1. The van der Waals surface area contributed by atoms with E-state index in [4.69, 9.17) is 5.73 Å². The number of benzene rings is 1. The Morgan fingerprint density at radius 2 is 1.76 bits per heavy atom. The number of likely N-dealkylation sites (N-methyl/N-ethyl adjacent to an activating group) is 1. The van der Waals surface area contributed by atoms with Gasteiger partial charge in [0.05, 0.1) is 0 Å². The maximum Gasteiger partial charge on any atom is 0.0412 e. The van der Waals surface area contributed by atoms with Crippen LogP contribution in [0.2, 0.25) is 0 Å². The minimum atomic E-state index is 0.176. The fourth-order valence-corrected chi connectivity index (χ4v) is 4.91. The van der Waals surface area contributed by atoms with E-state index < -0.39 is 0 Å². The zero-order valence-corrected chi connectivity index (χ0v) is 13.1. The van der Waals surface area contributed by atoms with Gasteiger partial charge in [0, 0.05) is 37.3 Å². The summed E-state index contributed by atoms with van der Waals surface area (Å²) in [5.74, 6) is 0. The number of nitrogens with zero attached hydrogens (tertiary/aromatic N) is 2. The molecule has 2 fully saturated rings. The summed E-state index contributed by atoms with van der Waals surface area (Å²) in [4.78, 5) is 5.37. The van der Waals surface area contributed by atoms with Gasteiger partial charge >= 0.3 is 0 Å². The van der Waals surface area contributed by atoms with Gasteiger partial charge in [0.1, 0.15) is 0 Å². The van der Waals surface area contributed by atoms with Gasteiger partial charge in [0.15, 0.2) is 0 Å². The van der Waals surface area contributed by atoms with E-state index in [0.29, 0.717) is 0 Å². The first kappa shape index (κ1) is 13.7. The molecule has 0 saturated carbocycles. The number of hydrogen-bond acceptors (Lipinski definition) is 3. The molecule has 0 amide bonds. The van der Waals surface area contributed by atoms with Gasteiger partial charge in [-0.3, -0.25) is 9.80 Å². The lowest BCUT2D eigenvalue weighted by Crippen LogP contribution is -2.57. The van der Waals surface area contributed by atoms with Crippen molar-refractivity contribution in [3.05, 3.63) is 35.4 Å². The van der Waals surface area contributed by atoms with Crippen LogP contribution in [0.25, 0.3) is 0 Å². The molecule has 2 atom stereocenters. The van der Waals surface area contributed by atoms with Crippen molar-refractivity contribution in [3.63, 3.8) is 0 Å². The molecule has 0 spiro atoms. The number of nitrogens with two attached hydrogens (primary N) is 1. The van der Waals surface area contributed by atoms with E-state index in [9.17, 15) is 0 Å². The molecular weight excluding hydrogens is 258 g/mol. The van der Waals surface area contributed by atoms with E-state index in [-0.39, 0.29) is 5.54 Å². The van der Waals surface area contributed by atoms with E-state index >= 15 is 0 Å². The smallest absolute Gasteiger partial charge is 0.0412 e. The SMILES string of the molecule is CN1C2CCC1CN(C1(CN)Cc3ccccc3C1)CC2. The number of rotatable bonds is 2. The predicted octanol–water partition coefficient (Wildman–Crippen LogP) is 1.65. The van der Waals surface area contributed by atoms with Crippen LogP contribution in [-0.2, 0) is 12.8 Å². The summed E-state index contributed by atoms with van der Waals surface area (Å²) in [6.45, 7) is 3.21. The lowest BCUT2D eigenvalue weighted by atomic mass is 9.91. The minimum Gasteiger partial charge on any atom is -0.329 e. The normalized spacial score (nSPS) is 32.1. The Balaban J connectivity index is 1.60. The van der Waals surface area contributed by atoms with Crippen LogP contribution in [0, 0.1) is 0 Å². The maximum absolute atomic E-state index is 6.31. The van der Waals surface area contributed by atoms with Crippen molar-refractivity contribution in [2.75, 3.05) is 26.7 Å². The molecule has 0 radical (unpaired) electrons. The van der Waals surface area contributed by atoms with E-state index in [1.807, 2.05) is 0 Å². The molecule has 3 aliphatic rings. The van der Waals surface area contributed by atoms with Crippen LogP contribution in [0.1, 0.15) is 30.4 Å². The van der Waals surface area contributed by atoms with Crippen molar-refractivity contribution >= 4 is 0 Å². The highest BCUT2D eigenvalue weighted by Gasteiger charge is 2.45. The third kappa shape index (κ3) is 2.14. The van der Waals surface area contributed by atoms with Crippen LogP contribution in [-0.4, -0.2) is 54.1 Å². The molecule has 2 N–H and O–H groups in total. The van der Waals surface area contributed by atoms with Gasteiger partial charge in [0.2, 0.25) is 0 Å². The third-order valence-electron chi connectivity index (χ3n) is 6.36. The van der Waals surface area contributed by atoms with Gasteiger partial charge < -0.3 is 5.73 Å². The summed E-state index contributed by atoms with van der Waals surface area (Å²) in [5.41, 5.74) is 9.52. The Hall–Kier alpha value is -0.900. The lowest BCUT2D eigenvalue weighted by molar-refractivity contribution is 0.0902. The van der Waals surface area contributed by atoms with Crippen molar-refractivity contribution in [2.45, 2.75) is 49.7 Å². The quantitative estimate of drug-likeness (QED) is 0.897. The Morgan fingerprint density at radius 1 is 1.10 bits per heavy atom. The van der Waals surface area contributed by atoms with Gasteiger partial charge in [-0.15, -0.1) is 0 Å². The summed E-state index contributed by atoms with van der Waals surface area (Å²) in [6, 6.07) is 10.5. The molecule has 2 bridgehead atoms. The molecular formula is C18H27N3. The molecule has 4 rings (SSSR count). The molecule has 3 heteroatoms. The van der Waals surface area contributed by atoms with Gasteiger partial charge in [-0.25, -0.2) is 0 Å². The fourth-order valence-electron chi connectivity index (χ4n) is 4.91. The van der Waals surface area contributed by atoms with Crippen LogP contribution < -0.4 is 5.73 Å². The number of fused-ring (bicyclic) bond motifs is 3. The molecule has 2 aliphatic heterocycles. The summed E-state index contributed by atoms with van der Waals surface area (Å²) < 4.78 is 0. The van der Waals surface area contributed by atoms with Gasteiger partial charge in [-0.2, -0.15) is 0 Å². The van der Waals surface area contributed by atoms with Gasteiger partial charge in [0.25, 0.3) is 0 Å².